The number of carboxylic acid groups (broad SMARTS) is 1. The Hall–Kier alpha value is -2.17. The van der Waals surface area contributed by atoms with E-state index in [1.165, 1.54) is 5.32 Å². The number of rotatable bonds is 5. The van der Waals surface area contributed by atoms with E-state index in [9.17, 15) is 22.8 Å². The first kappa shape index (κ1) is 14.9. The summed E-state index contributed by atoms with van der Waals surface area (Å²) in [6, 6.07) is 0. The van der Waals surface area contributed by atoms with Crippen LogP contribution in [0.5, 0.6) is 0 Å². The van der Waals surface area contributed by atoms with Gasteiger partial charge in [-0.15, -0.1) is 5.10 Å². The molecule has 2 N–H and O–H groups in total. The summed E-state index contributed by atoms with van der Waals surface area (Å²) in [5.74, 6) is -4.64. The first-order valence-electron chi connectivity index (χ1n) is 4.90. The Morgan fingerprint density at radius 3 is 2.58 bits per heavy atom. The number of carbonyl (C=O) groups is 2. The van der Waals surface area contributed by atoms with Gasteiger partial charge in [-0.3, -0.25) is 4.79 Å². The number of hydrogen-bond acceptors (Lipinski definition) is 5. The van der Waals surface area contributed by atoms with Crippen LogP contribution in [0.1, 0.15) is 17.4 Å². The number of aromatic carboxylic acids is 1. The van der Waals surface area contributed by atoms with Crippen molar-refractivity contribution in [3.8, 4) is 0 Å². The highest BCUT2D eigenvalue weighted by atomic mass is 19.4. The number of nitrogens with zero attached hydrogens (tertiary/aromatic N) is 3. The highest BCUT2D eigenvalue weighted by Gasteiger charge is 2.40. The third-order valence-corrected chi connectivity index (χ3v) is 1.84. The number of amides is 1. The summed E-state index contributed by atoms with van der Waals surface area (Å²) in [4.78, 5) is 21.5. The smallest absolute Gasteiger partial charge is 0.471 e. The van der Waals surface area contributed by atoms with E-state index in [4.69, 9.17) is 9.84 Å². The molecule has 1 amide bonds. The van der Waals surface area contributed by atoms with E-state index >= 15 is 0 Å². The molecule has 1 rings (SSSR count). The summed E-state index contributed by atoms with van der Waals surface area (Å²) in [6.45, 7) is 1.49. The number of alkyl halides is 3. The van der Waals surface area contributed by atoms with Crippen LogP contribution in [0, 0.1) is 0 Å². The molecule has 0 aliphatic carbocycles. The molecule has 0 aliphatic heterocycles. The molecule has 1 heterocycles. The Morgan fingerprint density at radius 1 is 1.47 bits per heavy atom. The Morgan fingerprint density at radius 2 is 2.11 bits per heavy atom. The average molecular weight is 282 g/mol. The van der Waals surface area contributed by atoms with Gasteiger partial charge in [-0.25, -0.2) is 9.48 Å². The minimum absolute atomic E-state index is 0.217. The summed E-state index contributed by atoms with van der Waals surface area (Å²) in [7, 11) is 0. The van der Waals surface area contributed by atoms with Crippen LogP contribution >= 0.6 is 0 Å². The van der Waals surface area contributed by atoms with Gasteiger partial charge in [0.2, 0.25) is 5.69 Å². The van der Waals surface area contributed by atoms with Crippen molar-refractivity contribution in [3.05, 3.63) is 5.69 Å². The highest BCUT2D eigenvalue weighted by Crippen LogP contribution is 2.20. The first-order valence-corrected chi connectivity index (χ1v) is 4.90. The topological polar surface area (TPSA) is 106 Å². The SMILES string of the molecule is CCOCn1nnc(C(=O)O)c1NC(=O)C(F)(F)F. The van der Waals surface area contributed by atoms with Gasteiger partial charge in [-0.2, -0.15) is 13.2 Å². The number of ether oxygens (including phenoxy) is 1. The maximum absolute atomic E-state index is 12.1. The maximum atomic E-state index is 12.1. The molecule has 0 aromatic carbocycles. The number of nitrogens with one attached hydrogen (secondary N) is 1. The lowest BCUT2D eigenvalue weighted by atomic mass is 10.4. The molecule has 0 radical (unpaired) electrons. The third kappa shape index (κ3) is 3.64. The van der Waals surface area contributed by atoms with Crippen molar-refractivity contribution < 1.29 is 32.6 Å². The number of hydrogen-bond donors (Lipinski definition) is 2. The van der Waals surface area contributed by atoms with Crippen LogP contribution in [0.15, 0.2) is 0 Å². The van der Waals surface area contributed by atoms with Crippen LogP contribution in [0.3, 0.4) is 0 Å². The normalized spacial score (nSPS) is 11.4. The molecule has 1 aromatic rings. The Labute approximate surface area is 104 Å². The van der Waals surface area contributed by atoms with Gasteiger partial charge >= 0.3 is 18.1 Å². The second-order valence-corrected chi connectivity index (χ2v) is 3.17. The monoisotopic (exact) mass is 282 g/mol. The van der Waals surface area contributed by atoms with Crippen molar-refractivity contribution in [3.63, 3.8) is 0 Å². The van der Waals surface area contributed by atoms with E-state index in [2.05, 4.69) is 10.3 Å². The van der Waals surface area contributed by atoms with Crippen LogP contribution in [0.4, 0.5) is 19.0 Å². The largest absolute Gasteiger partial charge is 0.476 e. The highest BCUT2D eigenvalue weighted by molar-refractivity contribution is 5.99. The van der Waals surface area contributed by atoms with Gasteiger partial charge in [0.15, 0.2) is 5.82 Å². The molecule has 0 bridgehead atoms. The van der Waals surface area contributed by atoms with Gasteiger partial charge in [0.25, 0.3) is 0 Å². The number of anilines is 1. The van der Waals surface area contributed by atoms with Crippen molar-refractivity contribution in [1.29, 1.82) is 0 Å². The Kier molecular flexibility index (Phi) is 4.43. The van der Waals surface area contributed by atoms with Crippen LogP contribution in [-0.2, 0) is 16.3 Å². The summed E-state index contributed by atoms with van der Waals surface area (Å²) in [5, 5.41) is 16.6. The number of carboxylic acids is 1. The summed E-state index contributed by atoms with van der Waals surface area (Å²) in [5.41, 5.74) is -0.808. The molecule has 0 aliphatic rings. The van der Waals surface area contributed by atoms with E-state index in [1.807, 2.05) is 0 Å². The van der Waals surface area contributed by atoms with E-state index in [1.54, 1.807) is 6.92 Å². The van der Waals surface area contributed by atoms with Crippen LogP contribution in [0.25, 0.3) is 0 Å². The van der Waals surface area contributed by atoms with Crippen molar-refractivity contribution in [2.45, 2.75) is 19.8 Å². The maximum Gasteiger partial charge on any atom is 0.471 e. The second-order valence-electron chi connectivity index (χ2n) is 3.17. The minimum Gasteiger partial charge on any atom is -0.476 e. The predicted octanol–water partition coefficient (Wildman–Crippen LogP) is 0.471. The second kappa shape index (κ2) is 5.65. The molecule has 11 heteroatoms. The van der Waals surface area contributed by atoms with Gasteiger partial charge < -0.3 is 15.2 Å². The van der Waals surface area contributed by atoms with Gasteiger partial charge in [0, 0.05) is 6.61 Å². The molecule has 0 atom stereocenters. The molecule has 8 nitrogen and oxygen atoms in total. The van der Waals surface area contributed by atoms with E-state index in [-0.39, 0.29) is 13.3 Å². The Balaban J connectivity index is 3.04. The molecular formula is C8H9F3N4O4. The van der Waals surface area contributed by atoms with Crippen LogP contribution < -0.4 is 5.32 Å². The minimum atomic E-state index is -5.16. The molecular weight excluding hydrogens is 273 g/mol. The van der Waals surface area contributed by atoms with Crippen molar-refractivity contribution in [2.24, 2.45) is 0 Å². The molecule has 0 fully saturated rings. The Bertz CT molecular complexity index is 485. The zero-order chi connectivity index (χ0) is 14.6. The fourth-order valence-electron chi connectivity index (χ4n) is 1.03. The summed E-state index contributed by atoms with van der Waals surface area (Å²) >= 11 is 0. The quantitative estimate of drug-likeness (QED) is 0.813. The van der Waals surface area contributed by atoms with Crippen molar-refractivity contribution in [2.75, 3.05) is 11.9 Å². The molecule has 19 heavy (non-hydrogen) atoms. The first-order chi connectivity index (χ1) is 8.77. The fourth-order valence-corrected chi connectivity index (χ4v) is 1.03. The molecule has 0 unspecified atom stereocenters. The number of halogens is 3. The predicted molar refractivity (Wildman–Crippen MR) is 53.3 cm³/mol. The van der Waals surface area contributed by atoms with Crippen molar-refractivity contribution in [1.82, 2.24) is 15.0 Å². The molecule has 1 aromatic heterocycles. The van der Waals surface area contributed by atoms with E-state index < -0.39 is 29.6 Å². The number of carbonyl (C=O) groups excluding carboxylic acids is 1. The van der Waals surface area contributed by atoms with Crippen molar-refractivity contribution >= 4 is 17.7 Å². The summed E-state index contributed by atoms with van der Waals surface area (Å²) < 4.78 is 41.9. The molecule has 0 saturated heterocycles. The fraction of sp³-hybridized carbons (Fsp3) is 0.500. The lowest BCUT2D eigenvalue weighted by molar-refractivity contribution is -0.167. The molecule has 106 valence electrons. The zero-order valence-electron chi connectivity index (χ0n) is 9.56. The lowest BCUT2D eigenvalue weighted by Gasteiger charge is -2.10. The van der Waals surface area contributed by atoms with Gasteiger partial charge in [-0.05, 0) is 6.92 Å². The number of aromatic nitrogens is 3. The van der Waals surface area contributed by atoms with Crippen LogP contribution in [0.2, 0.25) is 0 Å². The molecule has 0 spiro atoms. The third-order valence-electron chi connectivity index (χ3n) is 1.84. The van der Waals surface area contributed by atoms with E-state index in [0.29, 0.717) is 4.68 Å². The zero-order valence-corrected chi connectivity index (χ0v) is 9.56. The molecule has 0 saturated carbocycles. The van der Waals surface area contributed by atoms with E-state index in [0.717, 1.165) is 0 Å². The lowest BCUT2D eigenvalue weighted by Crippen LogP contribution is -2.31. The van der Waals surface area contributed by atoms with Gasteiger partial charge in [0.05, 0.1) is 0 Å². The average Bonchev–Trinajstić information content (AvgIpc) is 2.68. The van der Waals surface area contributed by atoms with Gasteiger partial charge in [-0.1, -0.05) is 5.21 Å². The summed E-state index contributed by atoms with van der Waals surface area (Å²) in [6.07, 6.45) is -5.16. The standard InChI is InChI=1S/C8H9F3N4O4/c1-2-19-3-15-5(4(6(16)17)13-14-15)12-7(18)8(9,10)11/h2-3H2,1H3,(H,12,18)(H,16,17). The van der Waals surface area contributed by atoms with Crippen LogP contribution in [-0.4, -0.2) is 44.8 Å². The van der Waals surface area contributed by atoms with Gasteiger partial charge in [0.1, 0.15) is 6.73 Å².